The molecule has 0 atom stereocenters. The Morgan fingerprint density at radius 1 is 1.43 bits per heavy atom. The molecule has 3 nitrogen and oxygen atoms in total. The third-order valence-corrected chi connectivity index (χ3v) is 1.84. The molecule has 0 fully saturated rings. The molecule has 1 aromatic carbocycles. The van der Waals surface area contributed by atoms with Crippen molar-refractivity contribution >= 4 is 0 Å². The third-order valence-electron chi connectivity index (χ3n) is 1.84. The predicted octanol–water partition coefficient (Wildman–Crippen LogP) is 1.88. The summed E-state index contributed by atoms with van der Waals surface area (Å²) in [6, 6.07) is 7.98. The number of benzene rings is 1. The molecule has 0 aliphatic heterocycles. The summed E-state index contributed by atoms with van der Waals surface area (Å²) < 4.78 is 14.4. The van der Waals surface area contributed by atoms with E-state index in [1.54, 1.807) is 12.1 Å². The Hall–Kier alpha value is -2.15. The topological polar surface area (TPSA) is 41.6 Å². The first-order chi connectivity index (χ1) is 6.81. The highest BCUT2D eigenvalue weighted by atomic mass is 19.1. The Bertz CT molecular complexity index is 496. The van der Waals surface area contributed by atoms with Crippen molar-refractivity contribution in [2.75, 3.05) is 0 Å². The van der Waals surface area contributed by atoms with Gasteiger partial charge in [0.1, 0.15) is 23.9 Å². The average molecular weight is 187 g/mol. The number of aromatic nitrogens is 2. The predicted molar refractivity (Wildman–Crippen MR) is 48.2 cm³/mol. The van der Waals surface area contributed by atoms with Crippen molar-refractivity contribution in [2.45, 2.75) is 0 Å². The Morgan fingerprint density at radius 2 is 2.29 bits per heavy atom. The van der Waals surface area contributed by atoms with Crippen LogP contribution in [0.1, 0.15) is 5.69 Å². The fourth-order valence-corrected chi connectivity index (χ4v) is 1.21. The molecule has 0 radical (unpaired) electrons. The first-order valence-corrected chi connectivity index (χ1v) is 3.99. The van der Waals surface area contributed by atoms with Crippen LogP contribution in [0, 0.1) is 17.1 Å². The van der Waals surface area contributed by atoms with Gasteiger partial charge in [-0.05, 0) is 18.2 Å². The van der Waals surface area contributed by atoms with Crippen LogP contribution >= 0.6 is 0 Å². The van der Waals surface area contributed by atoms with Gasteiger partial charge in [0, 0.05) is 0 Å². The average Bonchev–Trinajstić information content (AvgIpc) is 2.65. The lowest BCUT2D eigenvalue weighted by Crippen LogP contribution is -1.95. The molecule has 1 heterocycles. The van der Waals surface area contributed by atoms with Crippen LogP contribution in [0.3, 0.4) is 0 Å². The first-order valence-electron chi connectivity index (χ1n) is 3.99. The molecule has 14 heavy (non-hydrogen) atoms. The van der Waals surface area contributed by atoms with E-state index < -0.39 is 0 Å². The minimum atomic E-state index is -0.333. The van der Waals surface area contributed by atoms with Crippen molar-refractivity contribution in [2.24, 2.45) is 0 Å². The van der Waals surface area contributed by atoms with E-state index in [4.69, 9.17) is 5.26 Å². The van der Waals surface area contributed by atoms with Crippen molar-refractivity contribution in [3.63, 3.8) is 0 Å². The summed E-state index contributed by atoms with van der Waals surface area (Å²) in [5.41, 5.74) is 0.981. The zero-order valence-electron chi connectivity index (χ0n) is 7.18. The molecule has 0 spiro atoms. The fourth-order valence-electron chi connectivity index (χ4n) is 1.21. The smallest absolute Gasteiger partial charge is 0.144 e. The molecule has 0 amide bonds. The van der Waals surface area contributed by atoms with Gasteiger partial charge >= 0.3 is 0 Å². The Labute approximate surface area is 80.1 Å². The van der Waals surface area contributed by atoms with Crippen LogP contribution in [0.5, 0.6) is 0 Å². The van der Waals surface area contributed by atoms with Gasteiger partial charge in [-0.25, -0.2) is 9.37 Å². The number of halogens is 1. The Morgan fingerprint density at radius 3 is 3.00 bits per heavy atom. The summed E-state index contributed by atoms with van der Waals surface area (Å²) in [5.74, 6) is -0.333. The summed E-state index contributed by atoms with van der Waals surface area (Å²) in [5, 5.41) is 8.73. The molecule has 0 aliphatic rings. The molecule has 0 saturated heterocycles. The fraction of sp³-hybridized carbons (Fsp3) is 0. The molecule has 4 heteroatoms. The van der Waals surface area contributed by atoms with Crippen LogP contribution in [0.2, 0.25) is 0 Å². The molecule has 0 saturated carbocycles. The van der Waals surface area contributed by atoms with Gasteiger partial charge in [0.15, 0.2) is 0 Å². The molecule has 0 N–H and O–H groups in total. The molecule has 2 rings (SSSR count). The van der Waals surface area contributed by atoms with Crippen LogP contribution in [0.15, 0.2) is 36.8 Å². The van der Waals surface area contributed by atoms with Gasteiger partial charge < -0.3 is 0 Å². The normalized spacial score (nSPS) is 9.71. The molecule has 68 valence electrons. The highest BCUT2D eigenvalue weighted by Crippen LogP contribution is 2.11. The Balaban J connectivity index is 2.56. The second-order valence-corrected chi connectivity index (χ2v) is 2.74. The van der Waals surface area contributed by atoms with Crippen molar-refractivity contribution in [3.8, 4) is 11.8 Å². The van der Waals surface area contributed by atoms with Gasteiger partial charge in [0.25, 0.3) is 0 Å². The summed E-state index contributed by atoms with van der Waals surface area (Å²) >= 11 is 0. The van der Waals surface area contributed by atoms with Gasteiger partial charge in [-0.3, -0.25) is 4.57 Å². The van der Waals surface area contributed by atoms with Crippen LogP contribution in [-0.4, -0.2) is 9.55 Å². The van der Waals surface area contributed by atoms with E-state index in [0.29, 0.717) is 11.4 Å². The van der Waals surface area contributed by atoms with E-state index in [9.17, 15) is 4.39 Å². The third kappa shape index (κ3) is 1.36. The number of hydrogen-bond donors (Lipinski definition) is 0. The number of hydrogen-bond acceptors (Lipinski definition) is 2. The molecule has 2 aromatic rings. The second-order valence-electron chi connectivity index (χ2n) is 2.74. The highest BCUT2D eigenvalue weighted by molar-refractivity contribution is 5.37. The molecular weight excluding hydrogens is 181 g/mol. The summed E-state index contributed by atoms with van der Waals surface area (Å²) in [4.78, 5) is 3.82. The largest absolute Gasteiger partial charge is 0.290 e. The summed E-state index contributed by atoms with van der Waals surface area (Å²) in [7, 11) is 0. The van der Waals surface area contributed by atoms with Crippen molar-refractivity contribution in [1.29, 1.82) is 5.26 Å². The Kier molecular flexibility index (Phi) is 1.99. The molecular formula is C10H6FN3. The lowest BCUT2D eigenvalue weighted by Gasteiger charge is -2.02. The van der Waals surface area contributed by atoms with Gasteiger partial charge in [-0.15, -0.1) is 0 Å². The maximum atomic E-state index is 12.9. The van der Waals surface area contributed by atoms with E-state index >= 15 is 0 Å². The zero-order valence-corrected chi connectivity index (χ0v) is 7.18. The molecule has 0 unspecified atom stereocenters. The number of nitriles is 1. The lowest BCUT2D eigenvalue weighted by molar-refractivity contribution is 0.626. The van der Waals surface area contributed by atoms with Crippen molar-refractivity contribution in [3.05, 3.63) is 48.3 Å². The maximum Gasteiger partial charge on any atom is 0.144 e. The van der Waals surface area contributed by atoms with Crippen LogP contribution < -0.4 is 0 Å². The minimum Gasteiger partial charge on any atom is -0.290 e. The van der Waals surface area contributed by atoms with Gasteiger partial charge in [0.2, 0.25) is 0 Å². The number of nitrogens with zero attached hydrogens (tertiary/aromatic N) is 3. The molecule has 1 aromatic heterocycles. The molecule has 0 aliphatic carbocycles. The first kappa shape index (κ1) is 8.45. The second kappa shape index (κ2) is 3.30. The van der Waals surface area contributed by atoms with Gasteiger partial charge in [-0.2, -0.15) is 5.26 Å². The standard InChI is InChI=1S/C10H6FN3/c11-8-2-1-3-9(4-8)14-7-13-6-10(14)5-12/h1-4,6-7H. The van der Waals surface area contributed by atoms with Crippen LogP contribution in [0.25, 0.3) is 5.69 Å². The number of imidazole rings is 1. The van der Waals surface area contributed by atoms with Crippen LogP contribution in [0.4, 0.5) is 4.39 Å². The van der Waals surface area contributed by atoms with E-state index in [0.717, 1.165) is 0 Å². The van der Waals surface area contributed by atoms with Gasteiger partial charge in [0.05, 0.1) is 11.9 Å². The zero-order chi connectivity index (χ0) is 9.97. The monoisotopic (exact) mass is 187 g/mol. The van der Waals surface area contributed by atoms with E-state index in [-0.39, 0.29) is 5.82 Å². The summed E-state index contributed by atoms with van der Waals surface area (Å²) in [6.45, 7) is 0. The molecule has 0 bridgehead atoms. The van der Waals surface area contributed by atoms with Crippen molar-refractivity contribution < 1.29 is 4.39 Å². The van der Waals surface area contributed by atoms with Gasteiger partial charge in [-0.1, -0.05) is 6.07 Å². The minimum absolute atomic E-state index is 0.333. The SMILES string of the molecule is N#Cc1cncn1-c1cccc(F)c1. The highest BCUT2D eigenvalue weighted by Gasteiger charge is 2.03. The van der Waals surface area contributed by atoms with Crippen LogP contribution in [-0.2, 0) is 0 Å². The van der Waals surface area contributed by atoms with E-state index in [1.165, 1.54) is 29.2 Å². The number of rotatable bonds is 1. The quantitative estimate of drug-likeness (QED) is 0.684. The summed E-state index contributed by atoms with van der Waals surface area (Å²) in [6.07, 6.45) is 2.91. The van der Waals surface area contributed by atoms with E-state index in [1.807, 2.05) is 6.07 Å². The maximum absolute atomic E-state index is 12.9. The van der Waals surface area contributed by atoms with Crippen molar-refractivity contribution in [1.82, 2.24) is 9.55 Å². The van der Waals surface area contributed by atoms with E-state index in [2.05, 4.69) is 4.98 Å². The lowest BCUT2D eigenvalue weighted by atomic mass is 10.3.